The number of aromatic nitrogens is 3. The van der Waals surface area contributed by atoms with Crippen LogP contribution in [-0.2, 0) is 21.2 Å². The Kier molecular flexibility index (Phi) is 8.42. The second-order valence-electron chi connectivity index (χ2n) is 8.95. The molecule has 1 atom stereocenters. The number of rotatable bonds is 9. The summed E-state index contributed by atoms with van der Waals surface area (Å²) in [6, 6.07) is 16.4. The lowest BCUT2D eigenvalue weighted by Crippen LogP contribution is -2.33. The van der Waals surface area contributed by atoms with E-state index in [1.54, 1.807) is 44.2 Å². The molecule has 2 aromatic heterocycles. The number of nitriles is 1. The van der Waals surface area contributed by atoms with Gasteiger partial charge in [0.1, 0.15) is 12.4 Å². The molecule has 0 amide bonds. The van der Waals surface area contributed by atoms with E-state index in [9.17, 15) is 28.0 Å². The van der Waals surface area contributed by atoms with Crippen molar-refractivity contribution in [2.24, 2.45) is 0 Å². The van der Waals surface area contributed by atoms with E-state index >= 15 is 0 Å². The average molecular weight is 563 g/mol. The zero-order valence-corrected chi connectivity index (χ0v) is 22.9. The van der Waals surface area contributed by atoms with Crippen molar-refractivity contribution >= 4 is 9.84 Å². The van der Waals surface area contributed by atoms with E-state index in [1.165, 1.54) is 34.9 Å². The molecule has 2 aromatic carbocycles. The molecular formula is C29H27FN4O5S. The maximum Gasteiger partial charge on any atom is 0.277 e. The van der Waals surface area contributed by atoms with E-state index in [2.05, 4.69) is 16.0 Å². The molecule has 40 heavy (non-hydrogen) atoms. The topological polar surface area (TPSA) is 135 Å². The Morgan fingerprint density at radius 1 is 1.10 bits per heavy atom. The Balaban J connectivity index is 1.87. The lowest BCUT2D eigenvalue weighted by atomic mass is 10.0. The van der Waals surface area contributed by atoms with Gasteiger partial charge in [0, 0.05) is 17.9 Å². The van der Waals surface area contributed by atoms with Gasteiger partial charge in [0.15, 0.2) is 4.90 Å². The number of hydrogen-bond acceptors (Lipinski definition) is 8. The predicted octanol–water partition coefficient (Wildman–Crippen LogP) is 4.70. The van der Waals surface area contributed by atoms with Crippen LogP contribution in [0, 0.1) is 24.2 Å². The van der Waals surface area contributed by atoms with Crippen LogP contribution in [0.5, 0.6) is 5.88 Å². The van der Waals surface area contributed by atoms with E-state index in [0.717, 1.165) is 0 Å². The van der Waals surface area contributed by atoms with Crippen LogP contribution in [0.3, 0.4) is 0 Å². The number of aryl methyl sites for hydroxylation is 1. The Morgan fingerprint density at radius 2 is 1.82 bits per heavy atom. The zero-order valence-electron chi connectivity index (χ0n) is 22.1. The largest absolute Gasteiger partial charge is 0.492 e. The molecule has 0 radical (unpaired) electrons. The molecule has 0 saturated heterocycles. The monoisotopic (exact) mass is 562 g/mol. The number of benzene rings is 2. The third-order valence-corrected chi connectivity index (χ3v) is 8.25. The van der Waals surface area contributed by atoms with Crippen molar-refractivity contribution in [3.05, 3.63) is 99.6 Å². The van der Waals surface area contributed by atoms with Gasteiger partial charge in [0.25, 0.3) is 5.56 Å². The zero-order chi connectivity index (χ0) is 29.0. The molecule has 4 aromatic rings. The summed E-state index contributed by atoms with van der Waals surface area (Å²) in [6.07, 6.45) is 0.361. The number of pyridine rings is 1. The molecule has 1 N–H and O–H groups in total. The van der Waals surface area contributed by atoms with Crippen LogP contribution in [0.4, 0.5) is 4.39 Å². The first-order valence-electron chi connectivity index (χ1n) is 12.5. The maximum atomic E-state index is 13.9. The van der Waals surface area contributed by atoms with Gasteiger partial charge in [0.05, 0.1) is 22.6 Å². The summed E-state index contributed by atoms with van der Waals surface area (Å²) < 4.78 is 47.5. The molecule has 206 valence electrons. The summed E-state index contributed by atoms with van der Waals surface area (Å²) in [5.74, 6) is -1.51. The van der Waals surface area contributed by atoms with Crippen LogP contribution >= 0.6 is 0 Å². The smallest absolute Gasteiger partial charge is 0.277 e. The van der Waals surface area contributed by atoms with Crippen LogP contribution in [0.25, 0.3) is 11.1 Å². The van der Waals surface area contributed by atoms with Crippen molar-refractivity contribution in [2.75, 3.05) is 6.61 Å². The van der Waals surface area contributed by atoms with Crippen LogP contribution < -0.4 is 5.56 Å². The molecule has 0 bridgehead atoms. The van der Waals surface area contributed by atoms with E-state index in [-0.39, 0.29) is 17.3 Å². The molecular weight excluding hydrogens is 535 g/mol. The third kappa shape index (κ3) is 5.50. The lowest BCUT2D eigenvalue weighted by Gasteiger charge is -2.23. The number of nitrogens with zero attached hydrogens (tertiary/aromatic N) is 4. The van der Waals surface area contributed by atoms with Crippen molar-refractivity contribution < 1.29 is 22.7 Å². The highest BCUT2D eigenvalue weighted by Gasteiger charge is 2.32. The van der Waals surface area contributed by atoms with Gasteiger partial charge in [0.2, 0.25) is 21.7 Å². The van der Waals surface area contributed by atoms with Crippen molar-refractivity contribution in [3.8, 4) is 23.1 Å². The summed E-state index contributed by atoms with van der Waals surface area (Å²) in [4.78, 5) is 20.7. The van der Waals surface area contributed by atoms with Crippen molar-refractivity contribution in [1.82, 2.24) is 14.5 Å². The molecule has 0 aliphatic rings. The van der Waals surface area contributed by atoms with Gasteiger partial charge >= 0.3 is 0 Å². The fourth-order valence-electron chi connectivity index (χ4n) is 4.55. The van der Waals surface area contributed by atoms with Crippen LogP contribution in [0.2, 0.25) is 0 Å². The van der Waals surface area contributed by atoms with E-state index < -0.39 is 38.2 Å². The van der Waals surface area contributed by atoms with E-state index in [0.29, 0.717) is 41.0 Å². The Bertz CT molecular complexity index is 1760. The number of hydrogen-bond donors (Lipinski definition) is 1. The number of sulfone groups is 1. The molecule has 4 rings (SSSR count). The highest BCUT2D eigenvalue weighted by Crippen LogP contribution is 2.30. The second-order valence-corrected chi connectivity index (χ2v) is 10.8. The van der Waals surface area contributed by atoms with Crippen LogP contribution in [0.1, 0.15) is 49.0 Å². The van der Waals surface area contributed by atoms with Gasteiger partial charge in [-0.1, -0.05) is 31.2 Å². The Labute approximate surface area is 231 Å². The Hall–Kier alpha value is -4.40. The maximum absolute atomic E-state index is 13.9. The lowest BCUT2D eigenvalue weighted by molar-refractivity contribution is 0.122. The minimum atomic E-state index is -4.53. The van der Waals surface area contributed by atoms with Crippen molar-refractivity contribution in [1.29, 1.82) is 5.26 Å². The normalized spacial score (nSPS) is 12.2. The average Bonchev–Trinajstić information content (AvgIpc) is 2.93. The molecule has 9 nitrogen and oxygen atoms in total. The van der Waals surface area contributed by atoms with Crippen LogP contribution in [-0.4, -0.2) is 34.7 Å². The summed E-state index contributed by atoms with van der Waals surface area (Å²) >= 11 is 0. The summed E-state index contributed by atoms with van der Waals surface area (Å²) in [5, 5.41) is 20.1. The molecule has 0 unspecified atom stereocenters. The highest BCUT2D eigenvalue weighted by molar-refractivity contribution is 7.91. The molecule has 0 saturated carbocycles. The molecule has 0 aliphatic heterocycles. The Morgan fingerprint density at radius 3 is 2.45 bits per heavy atom. The fraction of sp³-hybridized carbons (Fsp3) is 0.241. The van der Waals surface area contributed by atoms with E-state index in [1.807, 2.05) is 6.92 Å². The number of halogens is 1. The first kappa shape index (κ1) is 28.6. The summed E-state index contributed by atoms with van der Waals surface area (Å²) in [6.45, 7) is 5.35. The first-order valence-corrected chi connectivity index (χ1v) is 14.0. The molecule has 0 spiro atoms. The van der Waals surface area contributed by atoms with Crippen molar-refractivity contribution in [2.45, 2.75) is 49.6 Å². The molecule has 0 fully saturated rings. The quantitative estimate of drug-likeness (QED) is 0.290. The fourth-order valence-corrected chi connectivity index (χ4v) is 5.90. The van der Waals surface area contributed by atoms with Gasteiger partial charge in [-0.15, -0.1) is 0 Å². The predicted molar refractivity (Wildman–Crippen MR) is 145 cm³/mol. The minimum absolute atomic E-state index is 0.0483. The van der Waals surface area contributed by atoms with Gasteiger partial charge in [-0.2, -0.15) is 14.6 Å². The molecule has 2 heterocycles. The second kappa shape index (κ2) is 11.8. The summed E-state index contributed by atoms with van der Waals surface area (Å²) in [5.41, 5.74) is 1.66. The van der Waals surface area contributed by atoms with E-state index in [4.69, 9.17) is 4.74 Å². The standard InChI is InChI=1S/C29H27FN4O5S/c1-4-24(21-8-6-7-19(15-21)16-31)34-26(17-39-5-2)33-28(35)27(29(34)36)40(37,38)22-11-9-20(10-12-22)23-13-14-25(30)32-18(23)3/h6-15,24,35H,4-5,17H2,1-3H3/t24-/m0/s1. The number of aromatic hydroxyl groups is 1. The van der Waals surface area contributed by atoms with Gasteiger partial charge in [-0.3, -0.25) is 9.36 Å². The molecule has 0 aliphatic carbocycles. The summed E-state index contributed by atoms with van der Waals surface area (Å²) in [7, 11) is -4.53. The third-order valence-electron chi connectivity index (χ3n) is 6.46. The van der Waals surface area contributed by atoms with Gasteiger partial charge in [-0.25, -0.2) is 13.4 Å². The first-order chi connectivity index (χ1) is 19.1. The van der Waals surface area contributed by atoms with Gasteiger partial charge in [-0.05, 0) is 67.8 Å². The molecule has 11 heteroatoms. The van der Waals surface area contributed by atoms with Gasteiger partial charge < -0.3 is 9.84 Å². The highest BCUT2D eigenvalue weighted by atomic mass is 32.2. The number of ether oxygens (including phenoxy) is 1. The minimum Gasteiger partial charge on any atom is -0.492 e. The van der Waals surface area contributed by atoms with Crippen LogP contribution in [0.15, 0.2) is 75.2 Å². The SMILES string of the molecule is CCOCc1nc(O)c(S(=O)(=O)c2ccc(-c3ccc(F)nc3C)cc2)c(=O)n1[C@@H](CC)c1cccc(C#N)c1. The van der Waals surface area contributed by atoms with Crippen molar-refractivity contribution in [3.63, 3.8) is 0 Å².